The quantitative estimate of drug-likeness (QED) is 0.248. The lowest BCUT2D eigenvalue weighted by Crippen LogP contribution is -2.39. The van der Waals surface area contributed by atoms with E-state index in [0.717, 1.165) is 37.6 Å². The second kappa shape index (κ2) is 11.8. The Labute approximate surface area is 179 Å². The van der Waals surface area contributed by atoms with Crippen molar-refractivity contribution in [3.05, 3.63) is 29.8 Å². The van der Waals surface area contributed by atoms with Crippen molar-refractivity contribution in [2.24, 2.45) is 10.9 Å². The number of hydrogen-bond donors (Lipinski definition) is 1. The van der Waals surface area contributed by atoms with Crippen LogP contribution in [0.5, 0.6) is 0 Å². The molecule has 1 unspecified atom stereocenters. The maximum absolute atomic E-state index is 11.5. The molecule has 1 aromatic rings. The number of guanidine groups is 1. The summed E-state index contributed by atoms with van der Waals surface area (Å²) in [5.74, 6) is 1.36. The minimum atomic E-state index is -3.16. The summed E-state index contributed by atoms with van der Waals surface area (Å²) >= 11 is 0. The Balaban J connectivity index is 0.00000364. The number of benzene rings is 1. The van der Waals surface area contributed by atoms with Gasteiger partial charge in [-0.2, -0.15) is 0 Å². The molecule has 0 aromatic heterocycles. The van der Waals surface area contributed by atoms with Crippen molar-refractivity contribution in [2.75, 3.05) is 53.3 Å². The molecule has 1 aliphatic rings. The molecular weight excluding hydrogens is 481 g/mol. The van der Waals surface area contributed by atoms with Crippen molar-refractivity contribution in [2.45, 2.75) is 17.9 Å². The van der Waals surface area contributed by atoms with Gasteiger partial charge in [-0.1, -0.05) is 12.1 Å². The molecule has 0 spiro atoms. The van der Waals surface area contributed by atoms with E-state index in [2.05, 4.69) is 15.2 Å². The van der Waals surface area contributed by atoms with Gasteiger partial charge in [-0.15, -0.1) is 24.0 Å². The highest BCUT2D eigenvalue weighted by molar-refractivity contribution is 14.0. The largest absolute Gasteiger partial charge is 0.382 e. The molecule has 1 aromatic carbocycles. The lowest BCUT2D eigenvalue weighted by molar-refractivity contribution is 0.0536. The van der Waals surface area contributed by atoms with Crippen molar-refractivity contribution in [1.29, 1.82) is 0 Å². The Hall–Kier alpha value is -0.910. The number of nitrogens with one attached hydrogen (secondary N) is 1. The molecule has 154 valence electrons. The van der Waals surface area contributed by atoms with E-state index in [9.17, 15) is 8.42 Å². The predicted octanol–water partition coefficient (Wildman–Crippen LogP) is 1.77. The van der Waals surface area contributed by atoms with Crippen LogP contribution in [-0.4, -0.2) is 72.6 Å². The van der Waals surface area contributed by atoms with Crippen LogP contribution in [0, 0.1) is 5.92 Å². The molecule has 0 amide bonds. The number of sulfone groups is 1. The van der Waals surface area contributed by atoms with Crippen molar-refractivity contribution in [3.63, 3.8) is 0 Å². The molecule has 0 radical (unpaired) electrons. The number of nitrogens with zero attached hydrogens (tertiary/aromatic N) is 2. The van der Waals surface area contributed by atoms with Crippen molar-refractivity contribution in [3.8, 4) is 0 Å². The van der Waals surface area contributed by atoms with E-state index < -0.39 is 9.84 Å². The third kappa shape index (κ3) is 7.92. The van der Waals surface area contributed by atoms with Crippen LogP contribution in [0.25, 0.3) is 0 Å². The van der Waals surface area contributed by atoms with Gasteiger partial charge in [0.15, 0.2) is 15.8 Å². The molecule has 1 N–H and O–H groups in total. The molecule has 1 saturated heterocycles. The first kappa shape index (κ1) is 24.1. The van der Waals surface area contributed by atoms with Crippen LogP contribution >= 0.6 is 24.0 Å². The summed E-state index contributed by atoms with van der Waals surface area (Å²) in [7, 11) is 0.289. The van der Waals surface area contributed by atoms with E-state index in [-0.39, 0.29) is 24.0 Å². The summed E-state index contributed by atoms with van der Waals surface area (Å²) < 4.78 is 33.6. The number of methoxy groups -OCH3 is 1. The van der Waals surface area contributed by atoms with E-state index in [1.54, 1.807) is 26.3 Å². The second-order valence-corrected chi connectivity index (χ2v) is 8.50. The summed E-state index contributed by atoms with van der Waals surface area (Å²) in [6, 6.07) is 6.93. The van der Waals surface area contributed by atoms with Crippen LogP contribution in [0.15, 0.2) is 34.2 Å². The minimum absolute atomic E-state index is 0. The SMILES string of the molecule is CN=C(NCc1ccc(S(C)(=O)=O)cc1)N1CCC(COCCOC)C1.I. The van der Waals surface area contributed by atoms with Gasteiger partial charge in [0.1, 0.15) is 0 Å². The molecule has 2 rings (SSSR count). The van der Waals surface area contributed by atoms with Gasteiger partial charge in [0.2, 0.25) is 0 Å². The van der Waals surface area contributed by atoms with Crippen molar-refractivity contribution < 1.29 is 17.9 Å². The van der Waals surface area contributed by atoms with Crippen LogP contribution in [0.3, 0.4) is 0 Å². The summed E-state index contributed by atoms with van der Waals surface area (Å²) in [6.07, 6.45) is 2.29. The predicted molar refractivity (Wildman–Crippen MR) is 118 cm³/mol. The van der Waals surface area contributed by atoms with Crippen molar-refractivity contribution in [1.82, 2.24) is 10.2 Å². The molecule has 0 saturated carbocycles. The Morgan fingerprint density at radius 2 is 2.00 bits per heavy atom. The van der Waals surface area contributed by atoms with E-state index >= 15 is 0 Å². The Morgan fingerprint density at radius 1 is 1.30 bits per heavy atom. The number of ether oxygens (including phenoxy) is 2. The second-order valence-electron chi connectivity index (χ2n) is 6.49. The van der Waals surface area contributed by atoms with E-state index in [1.807, 2.05) is 12.1 Å². The van der Waals surface area contributed by atoms with Gasteiger partial charge in [-0.05, 0) is 24.1 Å². The Morgan fingerprint density at radius 3 is 2.59 bits per heavy atom. The number of hydrogen-bond acceptors (Lipinski definition) is 5. The van der Waals surface area contributed by atoms with Crippen molar-refractivity contribution >= 4 is 39.8 Å². The molecule has 1 heterocycles. The molecule has 1 atom stereocenters. The average Bonchev–Trinajstić information content (AvgIpc) is 3.08. The zero-order chi connectivity index (χ0) is 19.0. The molecule has 7 nitrogen and oxygen atoms in total. The number of likely N-dealkylation sites (tertiary alicyclic amines) is 1. The van der Waals surface area contributed by atoms with Crippen LogP contribution in [0.2, 0.25) is 0 Å². The molecular formula is C18H30IN3O4S. The lowest BCUT2D eigenvalue weighted by atomic mass is 10.1. The van der Waals surface area contributed by atoms with Gasteiger partial charge in [-0.3, -0.25) is 4.99 Å². The third-order valence-corrected chi connectivity index (χ3v) is 5.51. The van der Waals surface area contributed by atoms with Gasteiger partial charge >= 0.3 is 0 Å². The Kier molecular flexibility index (Phi) is 10.6. The fraction of sp³-hybridized carbons (Fsp3) is 0.611. The fourth-order valence-corrected chi connectivity index (χ4v) is 3.55. The van der Waals surface area contributed by atoms with Gasteiger partial charge in [0.05, 0.1) is 24.7 Å². The summed E-state index contributed by atoms with van der Waals surface area (Å²) in [5, 5.41) is 3.35. The summed E-state index contributed by atoms with van der Waals surface area (Å²) in [4.78, 5) is 6.93. The first-order valence-corrected chi connectivity index (χ1v) is 10.6. The molecule has 9 heteroatoms. The maximum atomic E-state index is 11.5. The zero-order valence-corrected chi connectivity index (χ0v) is 19.3. The molecule has 1 aliphatic heterocycles. The topological polar surface area (TPSA) is 80.2 Å². The summed E-state index contributed by atoms with van der Waals surface area (Å²) in [6.45, 7) is 4.46. The van der Waals surface area contributed by atoms with Gasteiger partial charge < -0.3 is 19.7 Å². The summed E-state index contributed by atoms with van der Waals surface area (Å²) in [5.41, 5.74) is 1.01. The number of aliphatic imine (C=N–C) groups is 1. The fourth-order valence-electron chi connectivity index (χ4n) is 2.92. The van der Waals surface area contributed by atoms with E-state index in [4.69, 9.17) is 9.47 Å². The smallest absolute Gasteiger partial charge is 0.193 e. The van der Waals surface area contributed by atoms with E-state index in [1.165, 1.54) is 6.26 Å². The van der Waals surface area contributed by atoms with E-state index in [0.29, 0.717) is 30.6 Å². The highest BCUT2D eigenvalue weighted by Gasteiger charge is 2.24. The van der Waals surface area contributed by atoms with Crippen LogP contribution in [0.1, 0.15) is 12.0 Å². The molecule has 0 bridgehead atoms. The van der Waals surface area contributed by atoms with Gasteiger partial charge in [0.25, 0.3) is 0 Å². The monoisotopic (exact) mass is 511 g/mol. The normalized spacial score (nSPS) is 17.7. The van der Waals surface area contributed by atoms with Gasteiger partial charge in [0, 0.05) is 46.0 Å². The minimum Gasteiger partial charge on any atom is -0.382 e. The maximum Gasteiger partial charge on any atom is 0.193 e. The first-order valence-electron chi connectivity index (χ1n) is 8.75. The number of rotatable bonds is 8. The first-order chi connectivity index (χ1) is 12.4. The van der Waals surface area contributed by atoms with Crippen LogP contribution in [-0.2, 0) is 25.9 Å². The van der Waals surface area contributed by atoms with Crippen LogP contribution < -0.4 is 5.32 Å². The Bertz CT molecular complexity index is 695. The number of halogens is 1. The average molecular weight is 511 g/mol. The van der Waals surface area contributed by atoms with Crippen LogP contribution in [0.4, 0.5) is 0 Å². The highest BCUT2D eigenvalue weighted by atomic mass is 127. The lowest BCUT2D eigenvalue weighted by Gasteiger charge is -2.22. The molecule has 1 fully saturated rings. The van der Waals surface area contributed by atoms with Gasteiger partial charge in [-0.25, -0.2) is 8.42 Å². The molecule has 27 heavy (non-hydrogen) atoms. The zero-order valence-electron chi connectivity index (χ0n) is 16.2. The standard InChI is InChI=1S/C18H29N3O4S.HI/c1-19-18(21-9-8-16(13-21)14-25-11-10-24-2)20-12-15-4-6-17(7-5-15)26(3,22)23;/h4-7,16H,8-14H2,1-3H3,(H,19,20);1H. The molecule has 0 aliphatic carbocycles. The third-order valence-electron chi connectivity index (χ3n) is 4.38. The highest BCUT2D eigenvalue weighted by Crippen LogP contribution is 2.17.